The Labute approximate surface area is 155 Å². The van der Waals surface area contributed by atoms with Crippen molar-refractivity contribution in [2.24, 2.45) is 0 Å². The van der Waals surface area contributed by atoms with Crippen molar-refractivity contribution in [3.63, 3.8) is 0 Å². The predicted octanol–water partition coefficient (Wildman–Crippen LogP) is 3.90. The van der Waals surface area contributed by atoms with Gasteiger partial charge in [0, 0.05) is 41.9 Å². The molecule has 0 bridgehead atoms. The Morgan fingerprint density at radius 1 is 0.583 bits per heavy atom. The highest BCUT2D eigenvalue weighted by atomic mass is 29.7. The van der Waals surface area contributed by atoms with Crippen molar-refractivity contribution in [1.29, 1.82) is 0 Å². The topological polar surface area (TPSA) is 57.5 Å². The second-order valence-electron chi connectivity index (χ2n) is 11.1. The first-order chi connectivity index (χ1) is 10.3. The Morgan fingerprint density at radius 3 is 0.917 bits per heavy atom. The first-order valence-corrected chi connectivity index (χ1v) is 31.5. The van der Waals surface area contributed by atoms with Gasteiger partial charge in [-0.3, -0.25) is 0 Å². The Balaban J connectivity index is 6.46. The minimum Gasteiger partial charge on any atom is -0.399 e. The van der Waals surface area contributed by atoms with Gasteiger partial charge >= 0.3 is 0 Å². The van der Waals surface area contributed by atoms with Gasteiger partial charge in [-0.05, 0) is 0 Å². The molecule has 0 rings (SSSR count). The van der Waals surface area contributed by atoms with Crippen LogP contribution >= 0.6 is 0 Å². The van der Waals surface area contributed by atoms with E-state index in [1.165, 1.54) is 0 Å². The summed E-state index contributed by atoms with van der Waals surface area (Å²) in [5, 5.41) is 21.3. The third-order valence-corrected chi connectivity index (χ3v) is 94.0. The number of carbonyl (C=O) groups excluding carboxylic acids is 1. The Kier molecular flexibility index (Phi) is 7.40. The number of aliphatic hydroxyl groups is 2. The van der Waals surface area contributed by atoms with Gasteiger partial charge in [-0.25, -0.2) is 0 Å². The third-order valence-electron chi connectivity index (χ3n) is 8.14. The molecule has 144 valence electrons. The number of hydrogen-bond donors (Lipinski definition) is 2. The molecule has 24 heavy (non-hydrogen) atoms. The Bertz CT molecular complexity index is 439. The number of hydrogen-bond acceptors (Lipinski definition) is 3. The van der Waals surface area contributed by atoms with Crippen LogP contribution in [-0.2, 0) is 0 Å². The van der Waals surface area contributed by atoms with E-state index in [1.807, 2.05) is 0 Å². The van der Waals surface area contributed by atoms with Crippen molar-refractivity contribution in [2.75, 3.05) is 12.5 Å². The van der Waals surface area contributed by atoms with E-state index < -0.39 is 44.6 Å². The zero-order valence-electron chi connectivity index (χ0n) is 18.2. The first-order valence-electron chi connectivity index (χ1n) is 9.04. The summed E-state index contributed by atoms with van der Waals surface area (Å²) in [5.74, 6) is 0. The summed E-state index contributed by atoms with van der Waals surface area (Å²) in [4.78, 5) is 14.1. The standard InChI is InChI=1S/C15H42O3Si6/c1-19(2,3)21(7,8)23(11,13-16)15(18)24(12,14-17)22(9,10)20(4,5)6/h16-17H,13-14H2,1-12H3. The maximum absolute atomic E-state index is 14.1. The molecule has 0 aliphatic rings. The van der Waals surface area contributed by atoms with Crippen LogP contribution in [-0.4, -0.2) is 72.3 Å². The van der Waals surface area contributed by atoms with E-state index >= 15 is 0 Å². The zero-order chi connectivity index (χ0) is 20.0. The molecular weight excluding hydrogens is 397 g/mol. The molecule has 9 heteroatoms. The zero-order valence-corrected chi connectivity index (χ0v) is 24.2. The maximum Gasteiger partial charge on any atom is 0.140 e. The van der Waals surface area contributed by atoms with Crippen LogP contribution in [0.1, 0.15) is 0 Å². The van der Waals surface area contributed by atoms with Gasteiger partial charge in [0.15, 0.2) is 0 Å². The molecule has 0 amide bonds. The summed E-state index contributed by atoms with van der Waals surface area (Å²) in [6.07, 6.45) is 0.155. The molecule has 0 aromatic rings. The molecule has 0 spiro atoms. The number of rotatable bonds is 8. The first kappa shape index (κ1) is 24.9. The van der Waals surface area contributed by atoms with Gasteiger partial charge in [-0.1, -0.05) is 78.6 Å². The molecule has 0 saturated heterocycles. The molecule has 2 unspecified atom stereocenters. The average molecular weight is 439 g/mol. The van der Waals surface area contributed by atoms with Crippen molar-refractivity contribution in [2.45, 2.75) is 78.6 Å². The fourth-order valence-electron chi connectivity index (χ4n) is 3.37. The minimum atomic E-state index is -2.46. The van der Waals surface area contributed by atoms with Gasteiger partial charge in [0.1, 0.15) is 15.2 Å². The summed E-state index contributed by atoms with van der Waals surface area (Å²) in [7, 11) is -11.6. The lowest BCUT2D eigenvalue weighted by atomic mass is 11.6. The van der Waals surface area contributed by atoms with Crippen LogP contribution in [0.3, 0.4) is 0 Å². The minimum absolute atomic E-state index is 0.0775. The van der Waals surface area contributed by atoms with E-state index in [9.17, 15) is 15.0 Å². The van der Waals surface area contributed by atoms with Crippen LogP contribution < -0.4 is 0 Å². The summed E-state index contributed by atoms with van der Waals surface area (Å²) in [6, 6.07) is 0. The molecule has 0 fully saturated rings. The lowest BCUT2D eigenvalue weighted by Crippen LogP contribution is -2.85. The average Bonchev–Trinajstić information content (AvgIpc) is 2.41. The second-order valence-corrected chi connectivity index (χ2v) is 67.6. The maximum atomic E-state index is 14.1. The van der Waals surface area contributed by atoms with Crippen LogP contribution in [0.2, 0.25) is 78.6 Å². The molecule has 0 saturated carbocycles. The van der Waals surface area contributed by atoms with Gasteiger partial charge in [-0.15, -0.1) is 0 Å². The molecule has 0 heterocycles. The number of carbonyl (C=O) groups is 1. The summed E-state index contributed by atoms with van der Waals surface area (Å²) in [6.45, 7) is 28.0. The lowest BCUT2D eigenvalue weighted by Gasteiger charge is -2.53. The molecule has 0 aromatic carbocycles. The van der Waals surface area contributed by atoms with E-state index in [-0.39, 0.29) is 12.5 Å². The molecule has 0 radical (unpaired) electrons. The predicted molar refractivity (Wildman–Crippen MR) is 124 cm³/mol. The van der Waals surface area contributed by atoms with Crippen molar-refractivity contribution in [3.8, 4) is 0 Å². The molecular formula is C15H42O3Si6. The Morgan fingerprint density at radius 2 is 0.792 bits per heavy atom. The van der Waals surface area contributed by atoms with Crippen molar-refractivity contribution < 1.29 is 15.0 Å². The third kappa shape index (κ3) is 3.64. The molecule has 2 atom stereocenters. The Hall–Kier alpha value is 0.891. The summed E-state index contributed by atoms with van der Waals surface area (Å²) in [5.41, 5.74) is 0. The fourth-order valence-corrected chi connectivity index (χ4v) is 77.2. The van der Waals surface area contributed by atoms with E-state index in [1.54, 1.807) is 0 Å². The highest BCUT2D eigenvalue weighted by Gasteiger charge is 2.65. The summed E-state index contributed by atoms with van der Waals surface area (Å²) < 4.78 is 0. The highest BCUT2D eigenvalue weighted by Crippen LogP contribution is 2.37. The van der Waals surface area contributed by atoms with Crippen LogP contribution in [0.25, 0.3) is 0 Å². The molecule has 3 nitrogen and oxygen atoms in total. The molecule has 0 aliphatic carbocycles. The van der Waals surface area contributed by atoms with E-state index in [0.717, 1.165) is 0 Å². The van der Waals surface area contributed by atoms with Gasteiger partial charge in [0.25, 0.3) is 0 Å². The largest absolute Gasteiger partial charge is 0.399 e. The van der Waals surface area contributed by atoms with E-state index in [2.05, 4.69) is 78.6 Å². The quantitative estimate of drug-likeness (QED) is 0.565. The normalized spacial score (nSPS) is 19.6. The monoisotopic (exact) mass is 438 g/mol. The van der Waals surface area contributed by atoms with Crippen LogP contribution in [0.15, 0.2) is 0 Å². The highest BCUT2D eigenvalue weighted by molar-refractivity contribution is 7.85. The number of aliphatic hydroxyl groups excluding tert-OH is 2. The van der Waals surface area contributed by atoms with Crippen LogP contribution in [0.4, 0.5) is 4.79 Å². The van der Waals surface area contributed by atoms with Crippen LogP contribution in [0.5, 0.6) is 0 Å². The molecule has 0 aliphatic heterocycles. The summed E-state index contributed by atoms with van der Waals surface area (Å²) >= 11 is 0. The van der Waals surface area contributed by atoms with Gasteiger partial charge in [0.05, 0.1) is 5.03 Å². The lowest BCUT2D eigenvalue weighted by molar-refractivity contribution is 0.269. The van der Waals surface area contributed by atoms with E-state index in [0.29, 0.717) is 5.03 Å². The van der Waals surface area contributed by atoms with Crippen LogP contribution in [0, 0.1) is 0 Å². The fraction of sp³-hybridized carbons (Fsp3) is 0.933. The van der Waals surface area contributed by atoms with Gasteiger partial charge < -0.3 is 15.0 Å². The van der Waals surface area contributed by atoms with Crippen molar-refractivity contribution in [1.82, 2.24) is 0 Å². The SMILES string of the molecule is C[Si](C)(C)[Si](C)(C)[Si](C)(CO)C(=O)[Si](C)(CO)[Si](C)(C)[Si](C)(C)C. The second kappa shape index (κ2) is 7.13. The molecule has 2 N–H and O–H groups in total. The molecule has 0 aromatic heterocycles. The smallest absolute Gasteiger partial charge is 0.140 e. The van der Waals surface area contributed by atoms with Crippen molar-refractivity contribution in [3.05, 3.63) is 0 Å². The van der Waals surface area contributed by atoms with Gasteiger partial charge in [0.2, 0.25) is 0 Å². The van der Waals surface area contributed by atoms with E-state index in [4.69, 9.17) is 0 Å². The van der Waals surface area contributed by atoms with Crippen molar-refractivity contribution >= 4 is 49.6 Å². The van der Waals surface area contributed by atoms with Gasteiger partial charge in [-0.2, -0.15) is 0 Å².